The maximum absolute atomic E-state index is 14.6. The molecule has 2 aromatic rings. The predicted octanol–water partition coefficient (Wildman–Crippen LogP) is 4.72. The summed E-state index contributed by atoms with van der Waals surface area (Å²) in [4.78, 5) is 27.9. The molecule has 5 rings (SSSR count). The van der Waals surface area contributed by atoms with E-state index in [1.54, 1.807) is 12.1 Å². The maximum Gasteiger partial charge on any atom is 0.335 e. The Morgan fingerprint density at radius 2 is 1.58 bits per heavy atom. The van der Waals surface area contributed by atoms with Gasteiger partial charge in [-0.25, -0.2) is 17.5 Å². The van der Waals surface area contributed by atoms with Crippen molar-refractivity contribution in [3.8, 4) is 0 Å². The van der Waals surface area contributed by atoms with Gasteiger partial charge in [-0.15, -0.1) is 0 Å². The van der Waals surface area contributed by atoms with Crippen LogP contribution in [0.5, 0.6) is 0 Å². The highest BCUT2D eigenvalue weighted by Crippen LogP contribution is 2.55. The Morgan fingerprint density at radius 1 is 0.930 bits per heavy atom. The van der Waals surface area contributed by atoms with Crippen LogP contribution in [0.3, 0.4) is 0 Å². The van der Waals surface area contributed by atoms with Gasteiger partial charge in [0.15, 0.2) is 0 Å². The number of sulfonamides is 1. The molecule has 1 aliphatic carbocycles. The summed E-state index contributed by atoms with van der Waals surface area (Å²) >= 11 is 0. The monoisotopic (exact) mass is 606 g/mol. The van der Waals surface area contributed by atoms with E-state index in [9.17, 15) is 23.1 Å². The average Bonchev–Trinajstić information content (AvgIpc) is 2.99. The number of carboxylic acid groups (broad SMARTS) is 1. The second-order valence-corrected chi connectivity index (χ2v) is 15.0. The third-order valence-corrected chi connectivity index (χ3v) is 11.8. The number of aliphatic hydroxyl groups is 1. The molecule has 230 valence electrons. The van der Waals surface area contributed by atoms with Crippen LogP contribution in [0.2, 0.25) is 0 Å². The first kappa shape index (κ1) is 31.2. The van der Waals surface area contributed by atoms with Gasteiger partial charge in [0.2, 0.25) is 15.9 Å². The van der Waals surface area contributed by atoms with Crippen LogP contribution < -0.4 is 0 Å². The highest BCUT2D eigenvalue weighted by molar-refractivity contribution is 7.89. The Kier molecular flexibility index (Phi) is 8.46. The molecule has 0 bridgehead atoms. The minimum atomic E-state index is -3.50. The van der Waals surface area contributed by atoms with E-state index in [2.05, 4.69) is 32.9 Å². The zero-order chi connectivity index (χ0) is 31.0. The van der Waals surface area contributed by atoms with Gasteiger partial charge >= 0.3 is 5.97 Å². The number of rotatable bonds is 8. The van der Waals surface area contributed by atoms with E-state index in [0.29, 0.717) is 25.9 Å². The molecule has 0 unspecified atom stereocenters. The fourth-order valence-electron chi connectivity index (χ4n) is 7.56. The summed E-state index contributed by atoms with van der Waals surface area (Å²) < 4.78 is 27.2. The van der Waals surface area contributed by atoms with Crippen molar-refractivity contribution in [3.05, 3.63) is 89.0 Å². The Hall–Kier alpha value is -3.27. The first-order chi connectivity index (χ1) is 20.3. The number of hydrogen-bond donors (Lipinski definition) is 2. The van der Waals surface area contributed by atoms with Crippen LogP contribution in [0, 0.1) is 10.8 Å². The molecule has 1 fully saturated rings. The highest BCUT2D eigenvalue weighted by atomic mass is 32.2. The minimum Gasteiger partial charge on any atom is -0.478 e. The molecule has 0 spiro atoms. The molecule has 1 amide bonds. The number of carbonyl (C=O) groups is 2. The van der Waals surface area contributed by atoms with Gasteiger partial charge in [-0.3, -0.25) is 4.79 Å². The van der Waals surface area contributed by atoms with Crippen molar-refractivity contribution in [1.82, 2.24) is 9.21 Å². The van der Waals surface area contributed by atoms with E-state index in [4.69, 9.17) is 5.11 Å². The first-order valence-corrected chi connectivity index (χ1v) is 16.6. The molecule has 1 atom stereocenters. The molecule has 0 radical (unpaired) electrons. The fourth-order valence-corrected chi connectivity index (χ4v) is 9.06. The average molecular weight is 607 g/mol. The summed E-state index contributed by atoms with van der Waals surface area (Å²) in [6, 6.07) is 16.8. The van der Waals surface area contributed by atoms with Crippen molar-refractivity contribution < 1.29 is 28.2 Å². The normalized spacial score (nSPS) is 23.6. The number of carbonyl (C=O) groups excluding carboxylic acids is 1. The SMILES string of the molecule is CC1(C)C(c2ccc(C(=O)O)cc2)=CC[C@]2(C)CN(C(=O)C3(c4ccccc4)CCN(S(=O)(=O)CCCO)CC3)CC=C12. The third-order valence-electron chi connectivity index (χ3n) is 9.80. The second kappa shape index (κ2) is 11.7. The van der Waals surface area contributed by atoms with E-state index >= 15 is 0 Å². The van der Waals surface area contributed by atoms with Crippen LogP contribution >= 0.6 is 0 Å². The lowest BCUT2D eigenvalue weighted by molar-refractivity contribution is -0.140. The van der Waals surface area contributed by atoms with E-state index < -0.39 is 21.4 Å². The molecule has 43 heavy (non-hydrogen) atoms. The van der Waals surface area contributed by atoms with Crippen LogP contribution in [-0.2, 0) is 20.2 Å². The Labute approximate surface area is 254 Å². The van der Waals surface area contributed by atoms with Crippen molar-refractivity contribution >= 4 is 27.5 Å². The number of aliphatic hydroxyl groups excluding tert-OH is 1. The number of nitrogens with zero attached hydrogens (tertiary/aromatic N) is 2. The number of carboxylic acids is 1. The van der Waals surface area contributed by atoms with Crippen molar-refractivity contribution in [3.63, 3.8) is 0 Å². The van der Waals surface area contributed by atoms with Gasteiger partial charge in [0.05, 0.1) is 16.7 Å². The number of aromatic carboxylic acids is 1. The first-order valence-electron chi connectivity index (χ1n) is 15.0. The molecule has 2 N–H and O–H groups in total. The molecular formula is C34H42N2O6S. The zero-order valence-corrected chi connectivity index (χ0v) is 26.1. The standard InChI is InChI=1S/C34H42N2O6S/c1-32(2)28(25-10-12-26(13-11-25)30(38)39)14-16-33(3)24-35(19-15-29(32)33)31(40)34(27-8-5-4-6-9-27)17-20-36(21-18-34)43(41,42)23-7-22-37/h4-6,8-15,37H,7,16-24H2,1-3H3,(H,38,39)/t33-/m1/s1. The molecule has 3 aliphatic rings. The fraction of sp³-hybridized carbons (Fsp3) is 0.471. The van der Waals surface area contributed by atoms with Crippen molar-refractivity contribution in [2.45, 2.75) is 51.9 Å². The molecule has 2 heterocycles. The van der Waals surface area contributed by atoms with Crippen LogP contribution in [0.4, 0.5) is 0 Å². The van der Waals surface area contributed by atoms with Crippen molar-refractivity contribution in [2.75, 3.05) is 38.5 Å². The molecule has 0 aromatic heterocycles. The quantitative estimate of drug-likeness (QED) is 0.421. The topological polar surface area (TPSA) is 115 Å². The molecule has 8 nitrogen and oxygen atoms in total. The lowest BCUT2D eigenvalue weighted by Gasteiger charge is -2.52. The molecular weight excluding hydrogens is 564 g/mol. The smallest absolute Gasteiger partial charge is 0.335 e. The lowest BCUT2D eigenvalue weighted by atomic mass is 9.58. The molecule has 2 aliphatic heterocycles. The minimum absolute atomic E-state index is 0.0412. The number of fused-ring (bicyclic) bond motifs is 1. The largest absolute Gasteiger partial charge is 0.478 e. The molecule has 0 saturated carbocycles. The summed E-state index contributed by atoms with van der Waals surface area (Å²) in [6.07, 6.45) is 6.19. The number of hydrogen-bond acceptors (Lipinski definition) is 5. The summed E-state index contributed by atoms with van der Waals surface area (Å²) in [5.41, 5.74) is 3.22. The van der Waals surface area contributed by atoms with E-state index in [1.807, 2.05) is 47.4 Å². The maximum atomic E-state index is 14.6. The van der Waals surface area contributed by atoms with Gasteiger partial charge in [0, 0.05) is 43.6 Å². The molecule has 1 saturated heterocycles. The zero-order valence-electron chi connectivity index (χ0n) is 25.3. The number of amides is 1. The Bertz CT molecular complexity index is 1540. The van der Waals surface area contributed by atoms with Gasteiger partial charge in [-0.05, 0) is 54.5 Å². The highest BCUT2D eigenvalue weighted by Gasteiger charge is 2.51. The summed E-state index contributed by atoms with van der Waals surface area (Å²) in [7, 11) is -3.50. The number of piperidine rings is 1. The second-order valence-electron chi connectivity index (χ2n) is 12.9. The lowest BCUT2D eigenvalue weighted by Crippen LogP contribution is -2.57. The molecule has 2 aromatic carbocycles. The van der Waals surface area contributed by atoms with Crippen LogP contribution in [-0.4, -0.2) is 78.3 Å². The van der Waals surface area contributed by atoms with Crippen LogP contribution in [0.1, 0.15) is 67.9 Å². The van der Waals surface area contributed by atoms with E-state index in [0.717, 1.165) is 23.1 Å². The van der Waals surface area contributed by atoms with E-state index in [1.165, 1.54) is 9.88 Å². The van der Waals surface area contributed by atoms with Gasteiger partial charge < -0.3 is 15.1 Å². The van der Waals surface area contributed by atoms with Gasteiger partial charge in [0.25, 0.3) is 0 Å². The number of allylic oxidation sites excluding steroid dienone is 2. The van der Waals surface area contributed by atoms with Gasteiger partial charge in [0.1, 0.15) is 0 Å². The van der Waals surface area contributed by atoms with E-state index in [-0.39, 0.29) is 54.2 Å². The summed E-state index contributed by atoms with van der Waals surface area (Å²) in [6.45, 7) is 8.01. The number of benzene rings is 2. The van der Waals surface area contributed by atoms with Gasteiger partial charge in [-0.1, -0.05) is 81.0 Å². The third kappa shape index (κ3) is 5.70. The Balaban J connectivity index is 1.41. The summed E-state index contributed by atoms with van der Waals surface area (Å²) in [5.74, 6) is -1.000. The molecule has 9 heteroatoms. The van der Waals surface area contributed by atoms with Crippen LogP contribution in [0.25, 0.3) is 5.57 Å². The van der Waals surface area contributed by atoms with Gasteiger partial charge in [-0.2, -0.15) is 0 Å². The Morgan fingerprint density at radius 3 is 2.19 bits per heavy atom. The van der Waals surface area contributed by atoms with Crippen molar-refractivity contribution in [2.24, 2.45) is 10.8 Å². The van der Waals surface area contributed by atoms with Crippen molar-refractivity contribution in [1.29, 1.82) is 0 Å². The van der Waals surface area contributed by atoms with Crippen LogP contribution in [0.15, 0.2) is 72.3 Å². The summed E-state index contributed by atoms with van der Waals surface area (Å²) in [5, 5.41) is 18.5. The predicted molar refractivity (Wildman–Crippen MR) is 167 cm³/mol.